The van der Waals surface area contributed by atoms with Crippen molar-refractivity contribution in [3.8, 4) is 12.1 Å². The molecule has 0 aromatic heterocycles. The van der Waals surface area contributed by atoms with E-state index >= 15 is 0 Å². The van der Waals surface area contributed by atoms with Crippen LogP contribution in [0.4, 0.5) is 5.69 Å². The van der Waals surface area contributed by atoms with Gasteiger partial charge in [-0.2, -0.15) is 10.5 Å². The molecule has 0 heterocycles. The van der Waals surface area contributed by atoms with Crippen LogP contribution < -0.4 is 5.73 Å². The van der Waals surface area contributed by atoms with Crippen molar-refractivity contribution in [3.63, 3.8) is 0 Å². The average Bonchev–Trinajstić information content (AvgIpc) is 2.67. The molecule has 0 spiro atoms. The molecule has 0 saturated carbocycles. The molecule has 2 N–H and O–H groups in total. The smallest absolute Gasteiger partial charge is 0.151 e. The topological polar surface area (TPSA) is 73.6 Å². The lowest BCUT2D eigenvalue weighted by molar-refractivity contribution is 0.559. The Bertz CT molecular complexity index is 530. The number of anilines is 1. The van der Waals surface area contributed by atoms with Crippen molar-refractivity contribution in [1.82, 2.24) is 0 Å². The van der Waals surface area contributed by atoms with Crippen LogP contribution in [0.2, 0.25) is 0 Å². The third-order valence-electron chi connectivity index (χ3n) is 3.48. The third-order valence-corrected chi connectivity index (χ3v) is 3.48. The molecular formula is C13H13N3. The van der Waals surface area contributed by atoms with Crippen molar-refractivity contribution >= 4 is 5.69 Å². The minimum absolute atomic E-state index is 0.507. The summed E-state index contributed by atoms with van der Waals surface area (Å²) in [7, 11) is 0. The summed E-state index contributed by atoms with van der Waals surface area (Å²) < 4.78 is 0. The van der Waals surface area contributed by atoms with E-state index in [-0.39, 0.29) is 0 Å². The number of nitriles is 2. The Labute approximate surface area is 95.1 Å². The number of benzene rings is 1. The molecule has 0 bridgehead atoms. The molecule has 80 valence electrons. The molecule has 0 saturated heterocycles. The van der Waals surface area contributed by atoms with Gasteiger partial charge in [-0.1, -0.05) is 0 Å². The van der Waals surface area contributed by atoms with Crippen molar-refractivity contribution in [3.05, 3.63) is 28.3 Å². The van der Waals surface area contributed by atoms with Gasteiger partial charge in [-0.3, -0.25) is 0 Å². The van der Waals surface area contributed by atoms with E-state index < -0.39 is 5.41 Å². The number of aryl methyl sites for hydroxylation is 1. The molecule has 3 nitrogen and oxygen atoms in total. The van der Waals surface area contributed by atoms with Gasteiger partial charge in [0, 0.05) is 18.5 Å². The molecule has 0 aliphatic heterocycles. The molecule has 1 aromatic rings. The highest BCUT2D eigenvalue weighted by Gasteiger charge is 2.39. The third kappa shape index (κ3) is 1.26. The zero-order valence-electron chi connectivity index (χ0n) is 9.46. The van der Waals surface area contributed by atoms with E-state index in [4.69, 9.17) is 16.3 Å². The Morgan fingerprint density at radius 1 is 1.19 bits per heavy atom. The molecule has 1 aromatic carbocycles. The minimum Gasteiger partial charge on any atom is -0.398 e. The molecule has 1 aliphatic rings. The van der Waals surface area contributed by atoms with Crippen molar-refractivity contribution in [2.24, 2.45) is 5.41 Å². The highest BCUT2D eigenvalue weighted by atomic mass is 14.6. The lowest BCUT2D eigenvalue weighted by Crippen LogP contribution is -2.15. The normalized spacial score (nSPS) is 16.2. The molecule has 1 aliphatic carbocycles. The molecule has 16 heavy (non-hydrogen) atoms. The van der Waals surface area contributed by atoms with Gasteiger partial charge < -0.3 is 5.73 Å². The maximum atomic E-state index is 9.14. The van der Waals surface area contributed by atoms with Crippen LogP contribution in [0, 0.1) is 41.9 Å². The van der Waals surface area contributed by atoms with Crippen LogP contribution in [0.15, 0.2) is 6.07 Å². The first kappa shape index (κ1) is 10.5. The summed E-state index contributed by atoms with van der Waals surface area (Å²) in [6.07, 6.45) is 1.04. The Morgan fingerprint density at radius 3 is 2.31 bits per heavy atom. The second-order valence-electron chi connectivity index (χ2n) is 4.52. The number of hydrogen-bond acceptors (Lipinski definition) is 3. The first-order valence-electron chi connectivity index (χ1n) is 5.23. The Morgan fingerprint density at radius 2 is 1.75 bits per heavy atom. The van der Waals surface area contributed by atoms with E-state index in [0.29, 0.717) is 12.8 Å². The standard InChI is InChI=1S/C13H13N3/c1-8-3-12(16)9(2)11-5-13(6-14,7-15)4-10(8)11/h3H,4-5,16H2,1-2H3. The van der Waals surface area contributed by atoms with E-state index in [2.05, 4.69) is 12.1 Å². The van der Waals surface area contributed by atoms with Crippen molar-refractivity contribution in [2.75, 3.05) is 5.73 Å². The number of nitrogen functional groups attached to an aromatic ring is 1. The van der Waals surface area contributed by atoms with Gasteiger partial charge in [-0.05, 0) is 42.2 Å². The van der Waals surface area contributed by atoms with E-state index in [0.717, 1.165) is 27.9 Å². The first-order valence-corrected chi connectivity index (χ1v) is 5.23. The van der Waals surface area contributed by atoms with Crippen LogP contribution in [-0.2, 0) is 12.8 Å². The summed E-state index contributed by atoms with van der Waals surface area (Å²) >= 11 is 0. The molecule has 0 amide bonds. The quantitative estimate of drug-likeness (QED) is 0.667. The van der Waals surface area contributed by atoms with Gasteiger partial charge in [0.25, 0.3) is 0 Å². The van der Waals surface area contributed by atoms with Crippen LogP contribution >= 0.6 is 0 Å². The van der Waals surface area contributed by atoms with Gasteiger partial charge in [-0.15, -0.1) is 0 Å². The van der Waals surface area contributed by atoms with E-state index in [1.807, 2.05) is 19.9 Å². The van der Waals surface area contributed by atoms with Crippen LogP contribution in [0.3, 0.4) is 0 Å². The van der Waals surface area contributed by atoms with Gasteiger partial charge in [0.1, 0.15) is 0 Å². The number of fused-ring (bicyclic) bond motifs is 1. The van der Waals surface area contributed by atoms with Crippen molar-refractivity contribution in [1.29, 1.82) is 10.5 Å². The van der Waals surface area contributed by atoms with Crippen LogP contribution in [0.1, 0.15) is 22.3 Å². The summed E-state index contributed by atoms with van der Waals surface area (Å²) in [5.74, 6) is 0. The molecule has 0 fully saturated rings. The zero-order chi connectivity index (χ0) is 11.9. The Balaban J connectivity index is 2.63. The SMILES string of the molecule is Cc1cc(N)c(C)c2c1CC(C#N)(C#N)C2. The zero-order valence-corrected chi connectivity index (χ0v) is 9.46. The monoisotopic (exact) mass is 211 g/mol. The number of nitrogens with zero attached hydrogens (tertiary/aromatic N) is 2. The first-order chi connectivity index (χ1) is 7.53. The summed E-state index contributed by atoms with van der Waals surface area (Å²) in [5.41, 5.74) is 10.1. The van der Waals surface area contributed by atoms with E-state index in [1.165, 1.54) is 0 Å². The molecule has 0 radical (unpaired) electrons. The molecule has 2 rings (SSSR count). The second-order valence-corrected chi connectivity index (χ2v) is 4.52. The average molecular weight is 211 g/mol. The highest BCUT2D eigenvalue weighted by molar-refractivity contribution is 5.60. The lowest BCUT2D eigenvalue weighted by atomic mass is 9.88. The molecule has 0 atom stereocenters. The van der Waals surface area contributed by atoms with Crippen LogP contribution in [0.5, 0.6) is 0 Å². The highest BCUT2D eigenvalue weighted by Crippen LogP contribution is 2.40. The van der Waals surface area contributed by atoms with Gasteiger partial charge in [0.15, 0.2) is 5.41 Å². The fourth-order valence-corrected chi connectivity index (χ4v) is 2.40. The number of nitrogens with two attached hydrogens (primary N) is 1. The van der Waals surface area contributed by atoms with Crippen LogP contribution in [-0.4, -0.2) is 0 Å². The molecular weight excluding hydrogens is 198 g/mol. The predicted molar refractivity (Wildman–Crippen MR) is 61.4 cm³/mol. The number of hydrogen-bond donors (Lipinski definition) is 1. The Kier molecular flexibility index (Phi) is 2.14. The fourth-order valence-electron chi connectivity index (χ4n) is 2.40. The van der Waals surface area contributed by atoms with Gasteiger partial charge in [0.2, 0.25) is 0 Å². The predicted octanol–water partition coefficient (Wildman–Crippen LogP) is 2.02. The van der Waals surface area contributed by atoms with Gasteiger partial charge in [0.05, 0.1) is 12.1 Å². The van der Waals surface area contributed by atoms with E-state index in [9.17, 15) is 0 Å². The van der Waals surface area contributed by atoms with Crippen molar-refractivity contribution < 1.29 is 0 Å². The summed E-state index contributed by atoms with van der Waals surface area (Å²) in [6, 6.07) is 6.22. The maximum Gasteiger partial charge on any atom is 0.151 e. The van der Waals surface area contributed by atoms with Gasteiger partial charge >= 0.3 is 0 Å². The van der Waals surface area contributed by atoms with Crippen LogP contribution in [0.25, 0.3) is 0 Å². The Hall–Kier alpha value is -2.00. The molecule has 3 heteroatoms. The number of rotatable bonds is 0. The summed E-state index contributed by atoms with van der Waals surface area (Å²) in [5, 5.41) is 18.3. The van der Waals surface area contributed by atoms with E-state index in [1.54, 1.807) is 0 Å². The van der Waals surface area contributed by atoms with Gasteiger partial charge in [-0.25, -0.2) is 0 Å². The maximum absolute atomic E-state index is 9.14. The lowest BCUT2D eigenvalue weighted by Gasteiger charge is -2.09. The van der Waals surface area contributed by atoms with Crippen molar-refractivity contribution in [2.45, 2.75) is 26.7 Å². The fraction of sp³-hybridized carbons (Fsp3) is 0.385. The summed E-state index contributed by atoms with van der Waals surface area (Å²) in [4.78, 5) is 0. The largest absolute Gasteiger partial charge is 0.398 e. The summed E-state index contributed by atoms with van der Waals surface area (Å²) in [6.45, 7) is 3.94. The second kappa shape index (κ2) is 3.25. The molecule has 0 unspecified atom stereocenters. The minimum atomic E-state index is -0.883.